The van der Waals surface area contributed by atoms with Crippen LogP contribution in [0.5, 0.6) is 0 Å². The minimum absolute atomic E-state index is 0.0586. The summed E-state index contributed by atoms with van der Waals surface area (Å²) in [4.78, 5) is 36.3. The number of aromatic amines is 2. The van der Waals surface area contributed by atoms with Crippen molar-refractivity contribution >= 4 is 23.4 Å². The van der Waals surface area contributed by atoms with Gasteiger partial charge in [0, 0.05) is 48.2 Å². The number of anilines is 2. The lowest BCUT2D eigenvalue weighted by Crippen LogP contribution is -2.35. The van der Waals surface area contributed by atoms with Crippen LogP contribution in [-0.4, -0.2) is 44.9 Å². The van der Waals surface area contributed by atoms with E-state index in [4.69, 9.17) is 0 Å². The molecule has 2 aromatic heterocycles. The molecule has 0 spiro atoms. The number of nitrogens with zero attached hydrogens (tertiary/aromatic N) is 2. The second-order valence-corrected chi connectivity index (χ2v) is 8.84. The SMILES string of the molecule is Cc1ccc(NC(=O)N2CCC[C@@H]2c2ccc[nH]2)cc1NC(=O)N1CCC[C@H]1c1ccc[nH]1. The van der Waals surface area contributed by atoms with Crippen LogP contribution in [0.2, 0.25) is 0 Å². The summed E-state index contributed by atoms with van der Waals surface area (Å²) in [5, 5.41) is 6.08. The molecule has 2 aliphatic heterocycles. The summed E-state index contributed by atoms with van der Waals surface area (Å²) < 4.78 is 0. The molecular formula is C25H30N6O2. The smallest absolute Gasteiger partial charge is 0.322 e. The molecule has 2 saturated heterocycles. The molecule has 0 aliphatic carbocycles. The number of hydrogen-bond donors (Lipinski definition) is 4. The number of carbonyl (C=O) groups excluding carboxylic acids is 2. The van der Waals surface area contributed by atoms with Gasteiger partial charge in [0.15, 0.2) is 0 Å². The molecule has 5 rings (SSSR count). The average Bonchev–Trinajstić information content (AvgIpc) is 3.62. The van der Waals surface area contributed by atoms with Crippen LogP contribution in [0.4, 0.5) is 21.0 Å². The number of H-pyrrole nitrogens is 2. The zero-order valence-corrected chi connectivity index (χ0v) is 18.8. The number of benzene rings is 1. The molecule has 2 atom stereocenters. The number of nitrogens with one attached hydrogen (secondary N) is 4. The van der Waals surface area contributed by atoms with E-state index in [1.807, 2.05) is 71.6 Å². The molecule has 0 radical (unpaired) electrons. The fourth-order valence-corrected chi connectivity index (χ4v) is 4.99. The van der Waals surface area contributed by atoms with Crippen LogP contribution >= 0.6 is 0 Å². The van der Waals surface area contributed by atoms with Crippen molar-refractivity contribution in [1.29, 1.82) is 0 Å². The first kappa shape index (κ1) is 21.2. The maximum Gasteiger partial charge on any atom is 0.322 e. The summed E-state index contributed by atoms with van der Waals surface area (Å²) in [6.07, 6.45) is 7.62. The lowest BCUT2D eigenvalue weighted by molar-refractivity contribution is 0.205. The third kappa shape index (κ3) is 4.33. The number of amides is 4. The van der Waals surface area contributed by atoms with Gasteiger partial charge in [-0.1, -0.05) is 6.07 Å². The molecule has 0 saturated carbocycles. The molecule has 0 unspecified atom stereocenters. The average molecular weight is 447 g/mol. The first-order chi connectivity index (χ1) is 16.1. The van der Waals surface area contributed by atoms with Crippen molar-refractivity contribution in [2.24, 2.45) is 0 Å². The number of aromatic nitrogens is 2. The molecule has 3 aromatic rings. The van der Waals surface area contributed by atoms with E-state index in [1.165, 1.54) is 0 Å². The second-order valence-electron chi connectivity index (χ2n) is 8.84. The highest BCUT2D eigenvalue weighted by Crippen LogP contribution is 2.33. The molecule has 8 heteroatoms. The molecule has 2 fully saturated rings. The molecule has 8 nitrogen and oxygen atoms in total. The van der Waals surface area contributed by atoms with Gasteiger partial charge in [0.25, 0.3) is 0 Å². The Morgan fingerprint density at radius 1 is 0.848 bits per heavy atom. The van der Waals surface area contributed by atoms with Gasteiger partial charge in [-0.3, -0.25) is 0 Å². The van der Waals surface area contributed by atoms with E-state index in [-0.39, 0.29) is 24.1 Å². The van der Waals surface area contributed by atoms with Crippen molar-refractivity contribution in [2.45, 2.75) is 44.7 Å². The van der Waals surface area contributed by atoms with Crippen LogP contribution in [0, 0.1) is 6.92 Å². The number of aryl methyl sites for hydroxylation is 1. The fourth-order valence-electron chi connectivity index (χ4n) is 4.99. The summed E-state index contributed by atoms with van der Waals surface area (Å²) in [7, 11) is 0. The third-order valence-corrected chi connectivity index (χ3v) is 6.72. The standard InChI is InChI=1S/C25H30N6O2/c1-17-10-11-18(28-24(32)30-14-4-8-22(30)19-6-2-12-26-19)16-21(17)29-25(33)31-15-5-9-23(31)20-7-3-13-27-20/h2-3,6-7,10-13,16,22-23,26-27H,4-5,8-9,14-15H2,1H3,(H,28,32)(H,29,33)/t22-,23+/m1/s1. The van der Waals surface area contributed by atoms with Gasteiger partial charge in [0.2, 0.25) is 0 Å². The molecule has 0 bridgehead atoms. The molecule has 33 heavy (non-hydrogen) atoms. The van der Waals surface area contributed by atoms with Crippen molar-refractivity contribution in [1.82, 2.24) is 19.8 Å². The Morgan fingerprint density at radius 3 is 1.97 bits per heavy atom. The van der Waals surface area contributed by atoms with Crippen LogP contribution in [0.3, 0.4) is 0 Å². The Bertz CT molecular complexity index is 1110. The van der Waals surface area contributed by atoms with Crippen LogP contribution in [-0.2, 0) is 0 Å². The lowest BCUT2D eigenvalue weighted by Gasteiger charge is -2.26. The minimum Gasteiger partial charge on any atom is -0.363 e. The predicted molar refractivity (Wildman–Crippen MR) is 128 cm³/mol. The molecule has 4 heterocycles. The monoisotopic (exact) mass is 446 g/mol. The van der Waals surface area contributed by atoms with Crippen LogP contribution in [0.15, 0.2) is 54.9 Å². The van der Waals surface area contributed by atoms with E-state index in [0.717, 1.165) is 55.7 Å². The van der Waals surface area contributed by atoms with E-state index >= 15 is 0 Å². The van der Waals surface area contributed by atoms with Gasteiger partial charge in [-0.05, 0) is 74.6 Å². The minimum atomic E-state index is -0.125. The topological polar surface area (TPSA) is 96.3 Å². The molecular weight excluding hydrogens is 416 g/mol. The lowest BCUT2D eigenvalue weighted by atomic mass is 10.1. The van der Waals surface area contributed by atoms with Gasteiger partial charge in [-0.15, -0.1) is 0 Å². The number of urea groups is 2. The maximum absolute atomic E-state index is 13.1. The van der Waals surface area contributed by atoms with Gasteiger partial charge < -0.3 is 30.4 Å². The van der Waals surface area contributed by atoms with Gasteiger partial charge >= 0.3 is 12.1 Å². The predicted octanol–water partition coefficient (Wildman–Crippen LogP) is 5.39. The van der Waals surface area contributed by atoms with Crippen LogP contribution in [0.25, 0.3) is 0 Å². The third-order valence-electron chi connectivity index (χ3n) is 6.72. The van der Waals surface area contributed by atoms with E-state index < -0.39 is 0 Å². The largest absolute Gasteiger partial charge is 0.363 e. The molecule has 2 aliphatic rings. The van der Waals surface area contributed by atoms with Crippen molar-refractivity contribution in [3.63, 3.8) is 0 Å². The Kier molecular flexibility index (Phi) is 5.81. The zero-order chi connectivity index (χ0) is 22.8. The number of likely N-dealkylation sites (tertiary alicyclic amines) is 2. The van der Waals surface area contributed by atoms with Gasteiger partial charge in [-0.2, -0.15) is 0 Å². The Labute approximate surface area is 193 Å². The first-order valence-corrected chi connectivity index (χ1v) is 11.6. The van der Waals surface area contributed by atoms with Crippen LogP contribution in [0.1, 0.15) is 54.7 Å². The number of rotatable bonds is 4. The van der Waals surface area contributed by atoms with Gasteiger partial charge in [-0.25, -0.2) is 9.59 Å². The van der Waals surface area contributed by atoms with E-state index in [0.29, 0.717) is 11.4 Å². The molecule has 4 amide bonds. The Morgan fingerprint density at radius 2 is 1.42 bits per heavy atom. The van der Waals surface area contributed by atoms with Crippen molar-refractivity contribution in [2.75, 3.05) is 23.7 Å². The molecule has 4 N–H and O–H groups in total. The van der Waals surface area contributed by atoms with Crippen molar-refractivity contribution in [3.8, 4) is 0 Å². The highest BCUT2D eigenvalue weighted by atomic mass is 16.2. The van der Waals surface area contributed by atoms with Crippen molar-refractivity contribution < 1.29 is 9.59 Å². The fraction of sp³-hybridized carbons (Fsp3) is 0.360. The van der Waals surface area contributed by atoms with E-state index in [1.54, 1.807) is 0 Å². The van der Waals surface area contributed by atoms with E-state index in [2.05, 4.69) is 20.6 Å². The van der Waals surface area contributed by atoms with Gasteiger partial charge in [0.1, 0.15) is 0 Å². The number of hydrogen-bond acceptors (Lipinski definition) is 2. The quantitative estimate of drug-likeness (QED) is 0.432. The Hall–Kier alpha value is -3.68. The van der Waals surface area contributed by atoms with Gasteiger partial charge in [0.05, 0.1) is 12.1 Å². The highest BCUT2D eigenvalue weighted by Gasteiger charge is 2.32. The summed E-state index contributed by atoms with van der Waals surface area (Å²) in [5.41, 5.74) is 4.43. The molecule has 1 aromatic carbocycles. The zero-order valence-electron chi connectivity index (χ0n) is 18.8. The van der Waals surface area contributed by atoms with E-state index in [9.17, 15) is 9.59 Å². The molecule has 172 valence electrons. The number of carbonyl (C=O) groups is 2. The normalized spacial score (nSPS) is 20.3. The van der Waals surface area contributed by atoms with Crippen LogP contribution < -0.4 is 10.6 Å². The summed E-state index contributed by atoms with van der Waals surface area (Å²) >= 11 is 0. The first-order valence-electron chi connectivity index (χ1n) is 11.6. The maximum atomic E-state index is 13.1. The summed E-state index contributed by atoms with van der Waals surface area (Å²) in [6, 6.07) is 13.5. The van der Waals surface area contributed by atoms with Crippen molar-refractivity contribution in [3.05, 3.63) is 71.8 Å². The Balaban J connectivity index is 1.27. The highest BCUT2D eigenvalue weighted by molar-refractivity contribution is 5.94. The summed E-state index contributed by atoms with van der Waals surface area (Å²) in [5.74, 6) is 0. The second kappa shape index (κ2) is 9.05. The summed E-state index contributed by atoms with van der Waals surface area (Å²) in [6.45, 7) is 3.40.